The minimum atomic E-state index is -1.69. The monoisotopic (exact) mass is 1140 g/mol. The average molecular weight is 1140 g/mol. The van der Waals surface area contributed by atoms with Crippen LogP contribution in [0.3, 0.4) is 0 Å². The molecule has 24 heteroatoms. The van der Waals surface area contributed by atoms with E-state index in [0.717, 1.165) is 22.3 Å². The van der Waals surface area contributed by atoms with Gasteiger partial charge < -0.3 is 67.2 Å². The summed E-state index contributed by atoms with van der Waals surface area (Å²) < 4.78 is 22.0. The van der Waals surface area contributed by atoms with Crippen molar-refractivity contribution in [3.63, 3.8) is 0 Å². The molecule has 3 aromatic carbocycles. The lowest BCUT2D eigenvalue weighted by molar-refractivity contribution is -0.159. The molecule has 3 aromatic rings. The average Bonchev–Trinajstić information content (AvgIpc) is 4.00. The molecule has 0 spiro atoms. The Morgan fingerprint density at radius 1 is 0.549 bits per heavy atom. The molecule has 0 fully saturated rings. The Kier molecular flexibility index (Phi) is 24.8. The second-order valence-electron chi connectivity index (χ2n) is 22.4. The molecular formula is C58H79N9O15. The number of benzene rings is 3. The van der Waals surface area contributed by atoms with Crippen LogP contribution in [0.5, 0.6) is 0 Å². The van der Waals surface area contributed by atoms with Gasteiger partial charge in [0.05, 0.1) is 25.9 Å². The first-order valence-electron chi connectivity index (χ1n) is 27.0. The molecule has 0 heterocycles. The van der Waals surface area contributed by atoms with Crippen molar-refractivity contribution in [3.8, 4) is 11.1 Å². The Labute approximate surface area is 477 Å². The Balaban J connectivity index is 1.46. The van der Waals surface area contributed by atoms with E-state index < -0.39 is 152 Å². The van der Waals surface area contributed by atoms with Gasteiger partial charge in [0, 0.05) is 18.9 Å². The van der Waals surface area contributed by atoms with E-state index in [1.807, 2.05) is 62.4 Å². The Bertz CT molecular complexity index is 2710. The Hall–Kier alpha value is -8.57. The van der Waals surface area contributed by atoms with Crippen molar-refractivity contribution in [2.24, 2.45) is 17.6 Å². The lowest BCUT2D eigenvalue weighted by atomic mass is 9.98. The molecule has 4 rings (SSSR count). The molecule has 82 heavy (non-hydrogen) atoms. The number of amides is 9. The van der Waals surface area contributed by atoms with E-state index in [1.54, 1.807) is 85.7 Å². The first kappa shape index (κ1) is 65.9. The summed E-state index contributed by atoms with van der Waals surface area (Å²) in [6.07, 6.45) is -3.24. The number of carbonyl (C=O) groups excluding carboxylic acids is 11. The lowest BCUT2D eigenvalue weighted by Crippen LogP contribution is -2.58. The van der Waals surface area contributed by atoms with Crippen molar-refractivity contribution >= 4 is 65.5 Å². The number of fused-ring (bicyclic) bond motifs is 3. The zero-order valence-corrected chi connectivity index (χ0v) is 48.2. The van der Waals surface area contributed by atoms with Gasteiger partial charge in [-0.2, -0.15) is 0 Å². The molecule has 10 N–H and O–H groups in total. The fraction of sp³-hybridized carbons (Fsp3) is 0.500. The van der Waals surface area contributed by atoms with Crippen molar-refractivity contribution < 1.29 is 71.7 Å². The quantitative estimate of drug-likeness (QED) is 0.0373. The van der Waals surface area contributed by atoms with Crippen LogP contribution in [-0.2, 0) is 68.5 Å². The maximum absolute atomic E-state index is 14.1. The third-order valence-corrected chi connectivity index (χ3v) is 12.2. The van der Waals surface area contributed by atoms with Crippen molar-refractivity contribution in [2.75, 3.05) is 32.8 Å². The first-order valence-corrected chi connectivity index (χ1v) is 27.0. The Morgan fingerprint density at radius 2 is 1.11 bits per heavy atom. The molecule has 1 aliphatic carbocycles. The number of alkyl carbamates (subject to hydrolysis) is 2. The zero-order valence-electron chi connectivity index (χ0n) is 48.2. The van der Waals surface area contributed by atoms with Gasteiger partial charge in [-0.25, -0.2) is 14.4 Å². The number of nitrogens with one attached hydrogen (secondary N) is 8. The van der Waals surface area contributed by atoms with E-state index in [1.165, 1.54) is 0 Å². The topological polar surface area (TPSA) is 347 Å². The number of nitrogens with two attached hydrogens (primary N) is 1. The van der Waals surface area contributed by atoms with E-state index in [4.69, 9.17) is 24.7 Å². The number of rotatable bonds is 28. The summed E-state index contributed by atoms with van der Waals surface area (Å²) in [5.74, 6) is -8.73. The second kappa shape index (κ2) is 30.9. The highest BCUT2D eigenvalue weighted by atomic mass is 16.6. The van der Waals surface area contributed by atoms with Gasteiger partial charge in [-0.05, 0) is 87.6 Å². The van der Waals surface area contributed by atoms with E-state index in [-0.39, 0.29) is 31.3 Å². The van der Waals surface area contributed by atoms with Crippen molar-refractivity contribution in [2.45, 2.75) is 142 Å². The molecule has 0 bridgehead atoms. The van der Waals surface area contributed by atoms with Gasteiger partial charge in [0.15, 0.2) is 0 Å². The van der Waals surface area contributed by atoms with Gasteiger partial charge in [-0.3, -0.25) is 38.4 Å². The van der Waals surface area contributed by atoms with Crippen LogP contribution in [-0.4, -0.2) is 140 Å². The van der Waals surface area contributed by atoms with Crippen LogP contribution in [0, 0.1) is 11.8 Å². The fourth-order valence-electron chi connectivity index (χ4n) is 8.42. The van der Waals surface area contributed by atoms with Gasteiger partial charge in [-0.1, -0.05) is 107 Å². The second-order valence-corrected chi connectivity index (χ2v) is 22.4. The maximum Gasteiger partial charge on any atom is 0.408 e. The lowest BCUT2D eigenvalue weighted by Gasteiger charge is -2.28. The molecule has 0 saturated heterocycles. The minimum absolute atomic E-state index is 0.0512. The zero-order chi connectivity index (χ0) is 60.9. The van der Waals surface area contributed by atoms with Crippen LogP contribution in [0.1, 0.15) is 111 Å². The van der Waals surface area contributed by atoms with E-state index in [2.05, 4.69) is 42.5 Å². The third-order valence-electron chi connectivity index (χ3n) is 12.2. The molecule has 24 nitrogen and oxygen atoms in total. The van der Waals surface area contributed by atoms with Gasteiger partial charge in [-0.15, -0.1) is 0 Å². The number of ether oxygens (including phenoxy) is 4. The summed E-state index contributed by atoms with van der Waals surface area (Å²) >= 11 is 0. The standard InChI is InChI=1S/C58H79N9O15/c1-33(2)26-43(54(76)81-57(5,6)7)65-51(73)42(64-53(75)49(34(3)4)67-55(77)80-32-40-38-22-16-14-20-36(38)37-21-15-17-23-39(37)40)28-48(71)79-25-24-46(69)60-29-44(66-56(78)82-58(8,9)10)52(74)63-41(27-35-18-12-11-13-19-35)50(72)62-31-47(70)61-30-45(59)68/h11-23,33-34,40-44,49H,24-32H2,1-10H3,(H2,59,68)(H,60,69)(H,61,70)(H,62,72)(H,63,74)(H,64,75)(H,65,73)(H,66,78)(H,67,77)/t41-,42-,43-,44-,49-/m0/s1. The van der Waals surface area contributed by atoms with Gasteiger partial charge in [0.1, 0.15) is 54.6 Å². The van der Waals surface area contributed by atoms with Crippen LogP contribution >= 0.6 is 0 Å². The molecule has 9 amide bonds. The number of hydrogen-bond donors (Lipinski definition) is 9. The SMILES string of the molecule is CC(C)C[C@H](NC(=O)[C@H](CC(=O)OCCC(=O)NC[C@H](NC(=O)OC(C)(C)C)C(=O)N[C@@H](Cc1ccccc1)C(=O)NCC(=O)NCC(N)=O)NC(=O)[C@@H](NC(=O)OCC1c2ccccc2-c2ccccc21)C(C)C)C(=O)OC(C)(C)C. The first-order chi connectivity index (χ1) is 38.5. The summed E-state index contributed by atoms with van der Waals surface area (Å²) in [5.41, 5.74) is 7.71. The van der Waals surface area contributed by atoms with Crippen LogP contribution < -0.4 is 48.3 Å². The molecule has 0 aromatic heterocycles. The van der Waals surface area contributed by atoms with E-state index in [0.29, 0.717) is 5.56 Å². The largest absolute Gasteiger partial charge is 0.465 e. The van der Waals surface area contributed by atoms with Crippen LogP contribution in [0.15, 0.2) is 78.9 Å². The van der Waals surface area contributed by atoms with Gasteiger partial charge >= 0.3 is 24.1 Å². The van der Waals surface area contributed by atoms with Crippen LogP contribution in [0.4, 0.5) is 9.59 Å². The summed E-state index contributed by atoms with van der Waals surface area (Å²) in [6.45, 7) is 14.4. The summed E-state index contributed by atoms with van der Waals surface area (Å²) in [5, 5.41) is 19.8. The minimum Gasteiger partial charge on any atom is -0.465 e. The molecule has 5 atom stereocenters. The van der Waals surface area contributed by atoms with Crippen LogP contribution in [0.2, 0.25) is 0 Å². The van der Waals surface area contributed by atoms with Gasteiger partial charge in [0.2, 0.25) is 41.4 Å². The smallest absolute Gasteiger partial charge is 0.408 e. The molecule has 0 saturated carbocycles. The van der Waals surface area contributed by atoms with Gasteiger partial charge in [0.25, 0.3) is 0 Å². The number of esters is 2. The summed E-state index contributed by atoms with van der Waals surface area (Å²) in [7, 11) is 0. The highest BCUT2D eigenvalue weighted by Crippen LogP contribution is 2.44. The maximum atomic E-state index is 14.1. The molecule has 446 valence electrons. The van der Waals surface area contributed by atoms with Crippen molar-refractivity contribution in [3.05, 3.63) is 95.6 Å². The van der Waals surface area contributed by atoms with Crippen molar-refractivity contribution in [1.82, 2.24) is 42.5 Å². The number of primary amides is 1. The molecule has 0 unspecified atom stereocenters. The van der Waals surface area contributed by atoms with Crippen LogP contribution in [0.25, 0.3) is 11.1 Å². The normalized spacial score (nSPS) is 13.7. The predicted molar refractivity (Wildman–Crippen MR) is 300 cm³/mol. The van der Waals surface area contributed by atoms with E-state index >= 15 is 0 Å². The summed E-state index contributed by atoms with van der Waals surface area (Å²) in [4.78, 5) is 146. The number of hydrogen-bond acceptors (Lipinski definition) is 15. The third kappa shape index (κ3) is 22.5. The molecule has 1 aliphatic rings. The highest BCUT2D eigenvalue weighted by Gasteiger charge is 2.36. The fourth-order valence-corrected chi connectivity index (χ4v) is 8.42. The Morgan fingerprint density at radius 3 is 1.68 bits per heavy atom. The molecule has 0 aliphatic heterocycles. The predicted octanol–water partition coefficient (Wildman–Crippen LogP) is 2.69. The number of carbonyl (C=O) groups is 11. The van der Waals surface area contributed by atoms with Crippen molar-refractivity contribution in [1.29, 1.82) is 0 Å². The summed E-state index contributed by atoms with van der Waals surface area (Å²) in [6, 6.07) is 17.0. The molecular weight excluding hydrogens is 1060 g/mol. The highest BCUT2D eigenvalue weighted by molar-refractivity contribution is 5.96. The molecule has 0 radical (unpaired) electrons. The van der Waals surface area contributed by atoms with E-state index in [9.17, 15) is 52.7 Å².